The van der Waals surface area contributed by atoms with Crippen LogP contribution in [0.2, 0.25) is 5.02 Å². The third kappa shape index (κ3) is 3.62. The minimum atomic E-state index is -0.475. The average molecular weight is 300 g/mol. The summed E-state index contributed by atoms with van der Waals surface area (Å²) in [7, 11) is 0. The lowest BCUT2D eigenvalue weighted by Crippen LogP contribution is -2.09. The normalized spacial score (nSPS) is 10.2. The Balaban J connectivity index is 2.16. The third-order valence-electron chi connectivity index (χ3n) is 3.08. The van der Waals surface area contributed by atoms with Crippen LogP contribution in [0, 0.1) is 11.3 Å². The number of esters is 1. The van der Waals surface area contributed by atoms with Gasteiger partial charge in [0, 0.05) is 0 Å². The Hall–Kier alpha value is -2.31. The fourth-order valence-electron chi connectivity index (χ4n) is 1.82. The highest BCUT2D eigenvalue weighted by Crippen LogP contribution is 2.26. The molecule has 0 amide bonds. The molecule has 0 heterocycles. The Bertz CT molecular complexity index is 700. The van der Waals surface area contributed by atoms with Crippen LogP contribution in [0.1, 0.15) is 41.3 Å². The molecule has 0 N–H and O–H groups in total. The molecular weight excluding hydrogens is 286 g/mol. The Morgan fingerprint density at radius 1 is 1.19 bits per heavy atom. The van der Waals surface area contributed by atoms with Gasteiger partial charge >= 0.3 is 5.97 Å². The van der Waals surface area contributed by atoms with Crippen molar-refractivity contribution in [2.24, 2.45) is 0 Å². The van der Waals surface area contributed by atoms with Crippen LogP contribution in [0.15, 0.2) is 42.5 Å². The first-order chi connectivity index (χ1) is 10.0. The van der Waals surface area contributed by atoms with E-state index >= 15 is 0 Å². The van der Waals surface area contributed by atoms with E-state index in [9.17, 15) is 4.79 Å². The van der Waals surface area contributed by atoms with Crippen molar-refractivity contribution in [2.75, 3.05) is 0 Å². The van der Waals surface area contributed by atoms with Gasteiger partial charge < -0.3 is 4.74 Å². The Kier molecular flexibility index (Phi) is 4.62. The van der Waals surface area contributed by atoms with E-state index in [4.69, 9.17) is 21.6 Å². The van der Waals surface area contributed by atoms with Crippen molar-refractivity contribution in [1.82, 2.24) is 0 Å². The molecule has 0 fully saturated rings. The topological polar surface area (TPSA) is 50.1 Å². The van der Waals surface area contributed by atoms with Crippen molar-refractivity contribution in [2.45, 2.75) is 19.8 Å². The molecule has 4 heteroatoms. The standard InChI is InChI=1S/C17H14ClNO2/c1-11(2)13-4-6-14(7-5-13)17(20)21-16-8-3-12(10-19)9-15(16)18/h3-9,11H,1-2H3. The summed E-state index contributed by atoms with van der Waals surface area (Å²) in [5.74, 6) is 0.175. The zero-order valence-electron chi connectivity index (χ0n) is 11.8. The van der Waals surface area contributed by atoms with E-state index in [2.05, 4.69) is 13.8 Å². The molecule has 0 aliphatic carbocycles. The predicted octanol–water partition coefficient (Wildman–Crippen LogP) is 4.55. The van der Waals surface area contributed by atoms with Gasteiger partial charge in [0.2, 0.25) is 0 Å². The summed E-state index contributed by atoms with van der Waals surface area (Å²) in [5.41, 5.74) is 2.03. The summed E-state index contributed by atoms with van der Waals surface area (Å²) in [5, 5.41) is 9.00. The van der Waals surface area contributed by atoms with Crippen LogP contribution >= 0.6 is 11.6 Å². The van der Waals surface area contributed by atoms with Crippen LogP contribution in [0.25, 0.3) is 0 Å². The minimum absolute atomic E-state index is 0.237. The third-order valence-corrected chi connectivity index (χ3v) is 3.37. The molecule has 0 aromatic heterocycles. The van der Waals surface area contributed by atoms with E-state index in [0.29, 0.717) is 17.0 Å². The van der Waals surface area contributed by atoms with Gasteiger partial charge in [-0.05, 0) is 41.8 Å². The van der Waals surface area contributed by atoms with E-state index in [1.165, 1.54) is 12.1 Å². The highest BCUT2D eigenvalue weighted by Gasteiger charge is 2.12. The highest BCUT2D eigenvalue weighted by molar-refractivity contribution is 6.32. The molecule has 0 atom stereocenters. The van der Waals surface area contributed by atoms with Gasteiger partial charge in [-0.3, -0.25) is 0 Å². The predicted molar refractivity (Wildman–Crippen MR) is 81.7 cm³/mol. The number of halogens is 1. The number of carbonyl (C=O) groups is 1. The molecule has 0 radical (unpaired) electrons. The van der Waals surface area contributed by atoms with Crippen molar-refractivity contribution in [3.8, 4) is 11.8 Å². The molecule has 0 saturated heterocycles. The molecule has 0 spiro atoms. The molecule has 106 valence electrons. The number of hydrogen-bond acceptors (Lipinski definition) is 3. The zero-order valence-corrected chi connectivity index (χ0v) is 12.5. The molecule has 0 saturated carbocycles. The summed E-state index contributed by atoms with van der Waals surface area (Å²) < 4.78 is 5.25. The molecule has 2 aromatic rings. The highest BCUT2D eigenvalue weighted by atomic mass is 35.5. The van der Waals surface area contributed by atoms with Gasteiger partial charge in [-0.25, -0.2) is 4.79 Å². The largest absolute Gasteiger partial charge is 0.421 e. The van der Waals surface area contributed by atoms with Crippen molar-refractivity contribution in [3.05, 3.63) is 64.2 Å². The monoisotopic (exact) mass is 299 g/mol. The smallest absolute Gasteiger partial charge is 0.343 e. The molecule has 2 rings (SSSR count). The molecule has 21 heavy (non-hydrogen) atoms. The van der Waals surface area contributed by atoms with Crippen molar-refractivity contribution in [1.29, 1.82) is 5.26 Å². The molecule has 0 bridgehead atoms. The summed E-state index contributed by atoms with van der Waals surface area (Å²) in [6.07, 6.45) is 0. The second-order valence-electron chi connectivity index (χ2n) is 4.92. The SMILES string of the molecule is CC(C)c1ccc(C(=O)Oc2ccc(C#N)cc2Cl)cc1. The molecule has 3 nitrogen and oxygen atoms in total. The number of ether oxygens (including phenoxy) is 1. The molecular formula is C17H14ClNO2. The maximum absolute atomic E-state index is 12.1. The lowest BCUT2D eigenvalue weighted by atomic mass is 10.0. The Labute approximate surface area is 128 Å². The summed E-state index contributed by atoms with van der Waals surface area (Å²) in [4.78, 5) is 12.1. The maximum Gasteiger partial charge on any atom is 0.343 e. The van der Waals surface area contributed by atoms with Crippen molar-refractivity contribution in [3.63, 3.8) is 0 Å². The van der Waals surface area contributed by atoms with E-state index < -0.39 is 5.97 Å². The lowest BCUT2D eigenvalue weighted by Gasteiger charge is -2.08. The first-order valence-electron chi connectivity index (χ1n) is 6.53. The van der Waals surface area contributed by atoms with Crippen LogP contribution in [-0.4, -0.2) is 5.97 Å². The number of hydrogen-bond donors (Lipinski definition) is 0. The van der Waals surface area contributed by atoms with Gasteiger partial charge in [0.05, 0.1) is 22.2 Å². The van der Waals surface area contributed by atoms with E-state index in [0.717, 1.165) is 5.56 Å². The first-order valence-corrected chi connectivity index (χ1v) is 6.91. The maximum atomic E-state index is 12.1. The van der Waals surface area contributed by atoms with Crippen molar-refractivity contribution >= 4 is 17.6 Å². The zero-order chi connectivity index (χ0) is 15.4. The molecule has 0 aliphatic rings. The average Bonchev–Trinajstić information content (AvgIpc) is 2.49. The summed E-state index contributed by atoms with van der Waals surface area (Å²) in [6.45, 7) is 4.17. The molecule has 2 aromatic carbocycles. The Morgan fingerprint density at radius 3 is 2.38 bits per heavy atom. The van der Waals surface area contributed by atoms with E-state index in [-0.39, 0.29) is 10.8 Å². The van der Waals surface area contributed by atoms with Crippen LogP contribution in [0.3, 0.4) is 0 Å². The number of nitrogens with zero attached hydrogens (tertiary/aromatic N) is 1. The van der Waals surface area contributed by atoms with Gasteiger partial charge in [0.15, 0.2) is 0 Å². The van der Waals surface area contributed by atoms with Crippen molar-refractivity contribution < 1.29 is 9.53 Å². The minimum Gasteiger partial charge on any atom is -0.421 e. The van der Waals surface area contributed by atoms with Crippen LogP contribution in [-0.2, 0) is 0 Å². The number of rotatable bonds is 3. The van der Waals surface area contributed by atoms with Crippen LogP contribution in [0.5, 0.6) is 5.75 Å². The summed E-state index contributed by atoms with van der Waals surface area (Å²) in [6, 6.07) is 13.8. The van der Waals surface area contributed by atoms with Gasteiger partial charge in [0.25, 0.3) is 0 Å². The van der Waals surface area contributed by atoms with Crippen LogP contribution < -0.4 is 4.74 Å². The fourth-order valence-corrected chi connectivity index (χ4v) is 2.04. The second-order valence-corrected chi connectivity index (χ2v) is 5.33. The van der Waals surface area contributed by atoms with E-state index in [1.54, 1.807) is 18.2 Å². The number of carbonyl (C=O) groups excluding carboxylic acids is 1. The quantitative estimate of drug-likeness (QED) is 0.617. The van der Waals surface area contributed by atoms with Crippen LogP contribution in [0.4, 0.5) is 0 Å². The number of benzene rings is 2. The first kappa shape index (κ1) is 15.1. The molecule has 0 unspecified atom stereocenters. The van der Waals surface area contributed by atoms with Gasteiger partial charge in [-0.2, -0.15) is 5.26 Å². The van der Waals surface area contributed by atoms with E-state index in [1.807, 2.05) is 18.2 Å². The second kappa shape index (κ2) is 6.43. The molecule has 0 aliphatic heterocycles. The fraction of sp³-hybridized carbons (Fsp3) is 0.176. The van der Waals surface area contributed by atoms with Gasteiger partial charge in [-0.1, -0.05) is 37.6 Å². The van der Waals surface area contributed by atoms with Gasteiger partial charge in [0.1, 0.15) is 5.75 Å². The lowest BCUT2D eigenvalue weighted by molar-refractivity contribution is 0.0735. The van der Waals surface area contributed by atoms with Gasteiger partial charge in [-0.15, -0.1) is 0 Å². The number of nitriles is 1. The summed E-state index contributed by atoms with van der Waals surface area (Å²) >= 11 is 5.98. The Morgan fingerprint density at radius 2 is 1.86 bits per heavy atom.